The molecular formula is C16H17NO4. The van der Waals surface area contributed by atoms with E-state index in [4.69, 9.17) is 4.74 Å². The molecule has 2 amide bonds. The van der Waals surface area contributed by atoms with Crippen LogP contribution in [0.15, 0.2) is 30.3 Å². The van der Waals surface area contributed by atoms with Crippen molar-refractivity contribution in [3.8, 4) is 0 Å². The maximum atomic E-state index is 12.4. The van der Waals surface area contributed by atoms with Gasteiger partial charge in [0.05, 0.1) is 6.61 Å². The lowest BCUT2D eigenvalue weighted by atomic mass is 10.0. The molecule has 1 aliphatic carbocycles. The van der Waals surface area contributed by atoms with Crippen LogP contribution in [0.3, 0.4) is 0 Å². The smallest absolute Gasteiger partial charge is 0.333 e. The summed E-state index contributed by atoms with van der Waals surface area (Å²) in [6.07, 6.45) is 0.816. The lowest BCUT2D eigenvalue weighted by molar-refractivity contribution is -0.160. The number of nitrogens with zero attached hydrogens (tertiary/aromatic N) is 1. The van der Waals surface area contributed by atoms with E-state index in [-0.39, 0.29) is 37.2 Å². The fourth-order valence-corrected chi connectivity index (χ4v) is 3.17. The molecule has 1 heterocycles. The van der Waals surface area contributed by atoms with Gasteiger partial charge in [-0.2, -0.15) is 0 Å². The minimum absolute atomic E-state index is 0.163. The van der Waals surface area contributed by atoms with Crippen LogP contribution in [0, 0.1) is 0 Å². The first-order valence-electron chi connectivity index (χ1n) is 7.19. The van der Waals surface area contributed by atoms with Crippen molar-refractivity contribution in [2.24, 2.45) is 0 Å². The number of rotatable bonds is 4. The Bertz CT molecular complexity index is 582. The van der Waals surface area contributed by atoms with Crippen molar-refractivity contribution in [1.82, 2.24) is 4.90 Å². The van der Waals surface area contributed by atoms with Gasteiger partial charge in [-0.3, -0.25) is 14.5 Å². The van der Waals surface area contributed by atoms with Crippen LogP contribution < -0.4 is 0 Å². The molecule has 0 N–H and O–H groups in total. The Labute approximate surface area is 122 Å². The van der Waals surface area contributed by atoms with Crippen LogP contribution in [-0.2, 0) is 19.1 Å². The topological polar surface area (TPSA) is 63.7 Å². The lowest BCUT2D eigenvalue weighted by Crippen LogP contribution is -2.48. The quantitative estimate of drug-likeness (QED) is 0.623. The van der Waals surface area contributed by atoms with Crippen LogP contribution >= 0.6 is 0 Å². The average Bonchev–Trinajstić information content (AvgIpc) is 3.14. The van der Waals surface area contributed by atoms with Crippen molar-refractivity contribution in [3.05, 3.63) is 35.9 Å². The maximum Gasteiger partial charge on any atom is 0.333 e. The fraction of sp³-hybridized carbons (Fsp3) is 0.438. The van der Waals surface area contributed by atoms with E-state index in [9.17, 15) is 14.4 Å². The maximum absolute atomic E-state index is 12.4. The first-order chi connectivity index (χ1) is 10.1. The molecule has 2 fully saturated rings. The summed E-state index contributed by atoms with van der Waals surface area (Å²) in [5.41, 5.74) is -0.166. The van der Waals surface area contributed by atoms with E-state index < -0.39 is 11.5 Å². The molecule has 1 aromatic rings. The van der Waals surface area contributed by atoms with Crippen LogP contribution in [0.5, 0.6) is 0 Å². The summed E-state index contributed by atoms with van der Waals surface area (Å²) < 4.78 is 5.14. The predicted molar refractivity (Wildman–Crippen MR) is 74.3 cm³/mol. The summed E-state index contributed by atoms with van der Waals surface area (Å²) in [5.74, 6) is -1.18. The third-order valence-corrected chi connectivity index (χ3v) is 4.21. The summed E-state index contributed by atoms with van der Waals surface area (Å²) in [4.78, 5) is 37.7. The number of benzene rings is 1. The normalized spacial score (nSPS) is 27.9. The van der Waals surface area contributed by atoms with E-state index in [1.54, 1.807) is 6.92 Å². The zero-order valence-corrected chi connectivity index (χ0v) is 11.9. The molecule has 110 valence electrons. The molecular weight excluding hydrogens is 270 g/mol. The second-order valence-corrected chi connectivity index (χ2v) is 5.44. The summed E-state index contributed by atoms with van der Waals surface area (Å²) >= 11 is 0. The number of imide groups is 1. The molecule has 0 bridgehead atoms. The zero-order valence-electron chi connectivity index (χ0n) is 11.9. The average molecular weight is 287 g/mol. The highest BCUT2D eigenvalue weighted by molar-refractivity contribution is 6.08. The van der Waals surface area contributed by atoms with Crippen LogP contribution in [-0.4, -0.2) is 34.8 Å². The molecule has 3 rings (SSSR count). The van der Waals surface area contributed by atoms with Crippen molar-refractivity contribution in [2.45, 2.75) is 37.6 Å². The number of likely N-dealkylation sites (tertiary alicyclic amines) is 1. The number of ether oxygens (including phenoxy) is 1. The van der Waals surface area contributed by atoms with Crippen molar-refractivity contribution >= 4 is 17.8 Å². The van der Waals surface area contributed by atoms with E-state index >= 15 is 0 Å². The van der Waals surface area contributed by atoms with E-state index in [2.05, 4.69) is 0 Å². The second-order valence-electron chi connectivity index (χ2n) is 5.44. The summed E-state index contributed by atoms with van der Waals surface area (Å²) in [6, 6.07) is 9.49. The fourth-order valence-electron chi connectivity index (χ4n) is 3.17. The molecule has 0 unspecified atom stereocenters. The molecule has 0 aromatic heterocycles. The van der Waals surface area contributed by atoms with E-state index in [0.717, 1.165) is 10.5 Å². The molecule has 5 heteroatoms. The first-order valence-corrected chi connectivity index (χ1v) is 7.19. The van der Waals surface area contributed by atoms with Gasteiger partial charge in [-0.05, 0) is 18.9 Å². The molecule has 2 atom stereocenters. The largest absolute Gasteiger partial charge is 0.464 e. The van der Waals surface area contributed by atoms with Gasteiger partial charge in [0, 0.05) is 18.8 Å². The second kappa shape index (κ2) is 4.98. The summed E-state index contributed by atoms with van der Waals surface area (Å²) in [7, 11) is 0. The number of carbonyl (C=O) groups excluding carboxylic acids is 3. The third kappa shape index (κ3) is 2.04. The van der Waals surface area contributed by atoms with Gasteiger partial charge in [0.25, 0.3) is 0 Å². The molecule has 1 saturated carbocycles. The highest BCUT2D eigenvalue weighted by Crippen LogP contribution is 2.57. The van der Waals surface area contributed by atoms with Crippen LogP contribution in [0.1, 0.15) is 37.7 Å². The molecule has 5 nitrogen and oxygen atoms in total. The van der Waals surface area contributed by atoms with E-state index in [0.29, 0.717) is 6.42 Å². The molecule has 1 aliphatic heterocycles. The van der Waals surface area contributed by atoms with Crippen molar-refractivity contribution in [3.63, 3.8) is 0 Å². The van der Waals surface area contributed by atoms with Crippen LogP contribution in [0.25, 0.3) is 0 Å². The molecule has 0 spiro atoms. The van der Waals surface area contributed by atoms with Gasteiger partial charge in [0.15, 0.2) is 5.54 Å². The monoisotopic (exact) mass is 287 g/mol. The van der Waals surface area contributed by atoms with Crippen molar-refractivity contribution in [1.29, 1.82) is 0 Å². The summed E-state index contributed by atoms with van der Waals surface area (Å²) in [6.45, 7) is 1.96. The minimum atomic E-state index is -1.12. The number of carbonyl (C=O) groups is 3. The van der Waals surface area contributed by atoms with Crippen molar-refractivity contribution < 1.29 is 19.1 Å². The van der Waals surface area contributed by atoms with E-state index in [1.165, 1.54) is 0 Å². The molecule has 1 saturated heterocycles. The lowest BCUT2D eigenvalue weighted by Gasteiger charge is -2.25. The number of esters is 1. The predicted octanol–water partition coefficient (Wildman–Crippen LogP) is 1.62. The zero-order chi connectivity index (χ0) is 15.0. The van der Waals surface area contributed by atoms with Gasteiger partial charge >= 0.3 is 5.97 Å². The Morgan fingerprint density at radius 1 is 1.24 bits per heavy atom. The molecule has 2 aliphatic rings. The Hall–Kier alpha value is -2.17. The van der Waals surface area contributed by atoms with Gasteiger partial charge < -0.3 is 4.74 Å². The molecule has 1 aromatic carbocycles. The van der Waals surface area contributed by atoms with Crippen LogP contribution in [0.4, 0.5) is 0 Å². The third-order valence-electron chi connectivity index (χ3n) is 4.21. The number of hydrogen-bond donors (Lipinski definition) is 0. The summed E-state index contributed by atoms with van der Waals surface area (Å²) in [5, 5.41) is 0. The Balaban J connectivity index is 1.97. The molecule has 0 radical (unpaired) electrons. The standard InChI is InChI=1S/C16H17NO4/c1-2-21-15(20)16(17-13(18)8-9-14(17)19)10-12(16)11-6-4-3-5-7-11/h3-7,12H,2,8-10H2,1H3/t12-,16-/m0/s1. The van der Waals surface area contributed by atoms with Gasteiger partial charge in [-0.15, -0.1) is 0 Å². The molecule has 21 heavy (non-hydrogen) atoms. The Morgan fingerprint density at radius 3 is 2.43 bits per heavy atom. The Morgan fingerprint density at radius 2 is 1.86 bits per heavy atom. The van der Waals surface area contributed by atoms with Gasteiger partial charge in [0.1, 0.15) is 0 Å². The van der Waals surface area contributed by atoms with Gasteiger partial charge in [0.2, 0.25) is 11.8 Å². The minimum Gasteiger partial charge on any atom is -0.464 e. The van der Waals surface area contributed by atoms with Gasteiger partial charge in [-0.1, -0.05) is 30.3 Å². The highest BCUT2D eigenvalue weighted by Gasteiger charge is 2.69. The number of amides is 2. The number of hydrogen-bond acceptors (Lipinski definition) is 4. The van der Waals surface area contributed by atoms with E-state index in [1.807, 2.05) is 30.3 Å². The Kier molecular flexibility index (Phi) is 3.27. The van der Waals surface area contributed by atoms with Crippen molar-refractivity contribution in [2.75, 3.05) is 6.61 Å². The first kappa shape index (κ1) is 13.8. The van der Waals surface area contributed by atoms with Crippen LogP contribution in [0.2, 0.25) is 0 Å². The van der Waals surface area contributed by atoms with Gasteiger partial charge in [-0.25, -0.2) is 4.79 Å². The highest BCUT2D eigenvalue weighted by atomic mass is 16.5. The SMILES string of the molecule is CCOC(=O)[C@]1(N2C(=O)CCC2=O)C[C@H]1c1ccccc1.